The molecule has 0 heterocycles. The third-order valence-electron chi connectivity index (χ3n) is 3.65. The number of aromatic hydroxyl groups is 1. The monoisotopic (exact) mass is 318 g/mol. The van der Waals surface area contributed by atoms with Crippen LogP contribution in [0.1, 0.15) is 12.8 Å². The summed E-state index contributed by atoms with van der Waals surface area (Å²) in [5.74, 6) is -0.0692. The fraction of sp³-hybridized carbons (Fsp3) is 0.538. The first-order valence-electron chi connectivity index (χ1n) is 6.39. The molecule has 0 amide bonds. The Kier molecular flexibility index (Phi) is 4.18. The van der Waals surface area contributed by atoms with Crippen molar-refractivity contribution >= 4 is 27.1 Å². The number of halogens is 1. The van der Waals surface area contributed by atoms with Crippen LogP contribution in [0, 0.1) is 5.92 Å². The van der Waals surface area contributed by atoms with E-state index >= 15 is 0 Å². The third-order valence-corrected chi connectivity index (χ3v) is 6.33. The molecule has 0 radical (unpaired) electrons. The molecule has 1 aromatic rings. The zero-order valence-corrected chi connectivity index (χ0v) is 13.1. The molecule has 1 saturated carbocycles. The summed E-state index contributed by atoms with van der Waals surface area (Å²) in [6.45, 7) is 0.864. The van der Waals surface area contributed by atoms with Crippen LogP contribution in [-0.4, -0.2) is 44.3 Å². The summed E-state index contributed by atoms with van der Waals surface area (Å²) in [7, 11) is 0.286. The third kappa shape index (κ3) is 2.73. The maximum Gasteiger partial charge on any atom is 0.186 e. The molecule has 112 valence electrons. The molecule has 1 aromatic carbocycles. The van der Waals surface area contributed by atoms with Crippen LogP contribution in [0.4, 0.5) is 5.69 Å². The van der Waals surface area contributed by atoms with Crippen molar-refractivity contribution in [1.82, 2.24) is 4.90 Å². The van der Waals surface area contributed by atoms with Gasteiger partial charge in [0.05, 0.1) is 16.0 Å². The molecule has 0 spiro atoms. The molecule has 3 N–H and O–H groups in total. The Morgan fingerprint density at radius 2 is 2.00 bits per heavy atom. The van der Waals surface area contributed by atoms with Crippen molar-refractivity contribution in [3.05, 3.63) is 17.2 Å². The van der Waals surface area contributed by atoms with Gasteiger partial charge in [-0.05, 0) is 45.0 Å². The van der Waals surface area contributed by atoms with Gasteiger partial charge in [-0.25, -0.2) is 8.42 Å². The van der Waals surface area contributed by atoms with Crippen LogP contribution in [0.25, 0.3) is 0 Å². The SMILES string of the molecule is CN(C)CC1CC(S(=O)(=O)c2c(Cl)ccc(N)c2O)C1. The molecule has 1 fully saturated rings. The number of phenolic OH excluding ortho intramolecular Hbond substituents is 1. The van der Waals surface area contributed by atoms with Crippen molar-refractivity contribution < 1.29 is 13.5 Å². The second-order valence-electron chi connectivity index (χ2n) is 5.58. The minimum absolute atomic E-state index is 0.0211. The number of hydrogen-bond donors (Lipinski definition) is 2. The van der Waals surface area contributed by atoms with Gasteiger partial charge in [-0.3, -0.25) is 0 Å². The highest BCUT2D eigenvalue weighted by Crippen LogP contribution is 2.43. The van der Waals surface area contributed by atoms with E-state index in [4.69, 9.17) is 17.3 Å². The summed E-state index contributed by atoms with van der Waals surface area (Å²) in [5.41, 5.74) is 5.58. The number of rotatable bonds is 4. The Balaban J connectivity index is 2.24. The molecular formula is C13H19ClN2O3S. The lowest BCUT2D eigenvalue weighted by Gasteiger charge is -2.36. The zero-order valence-electron chi connectivity index (χ0n) is 11.5. The summed E-state index contributed by atoms with van der Waals surface area (Å²) in [6, 6.07) is 2.80. The van der Waals surface area contributed by atoms with E-state index in [1.807, 2.05) is 19.0 Å². The zero-order chi connectivity index (χ0) is 15.1. The molecule has 2 rings (SSSR count). The van der Waals surface area contributed by atoms with Gasteiger partial charge in [0.2, 0.25) is 0 Å². The van der Waals surface area contributed by atoms with Gasteiger partial charge in [-0.2, -0.15) is 0 Å². The van der Waals surface area contributed by atoms with E-state index in [1.165, 1.54) is 12.1 Å². The van der Waals surface area contributed by atoms with Gasteiger partial charge in [0, 0.05) is 6.54 Å². The van der Waals surface area contributed by atoms with Crippen LogP contribution >= 0.6 is 11.6 Å². The van der Waals surface area contributed by atoms with Crippen molar-refractivity contribution in [2.45, 2.75) is 23.0 Å². The first-order valence-corrected chi connectivity index (χ1v) is 8.31. The van der Waals surface area contributed by atoms with Crippen molar-refractivity contribution in [2.75, 3.05) is 26.4 Å². The second kappa shape index (κ2) is 5.42. The molecule has 1 aliphatic rings. The molecule has 0 aliphatic heterocycles. The van der Waals surface area contributed by atoms with Gasteiger partial charge >= 0.3 is 0 Å². The number of phenols is 1. The highest BCUT2D eigenvalue weighted by Gasteiger charge is 2.41. The van der Waals surface area contributed by atoms with Crippen LogP contribution in [0.5, 0.6) is 5.75 Å². The highest BCUT2D eigenvalue weighted by atomic mass is 35.5. The van der Waals surface area contributed by atoms with Gasteiger partial charge in [0.15, 0.2) is 15.6 Å². The van der Waals surface area contributed by atoms with E-state index in [0.717, 1.165) is 6.54 Å². The second-order valence-corrected chi connectivity index (χ2v) is 8.15. The minimum atomic E-state index is -3.64. The number of benzene rings is 1. The van der Waals surface area contributed by atoms with E-state index in [9.17, 15) is 13.5 Å². The number of sulfone groups is 1. The standard InChI is InChI=1S/C13H19ClN2O3S/c1-16(2)7-8-5-9(6-8)20(18,19)13-10(14)3-4-11(15)12(13)17/h3-4,8-9,17H,5-7,15H2,1-2H3. The normalized spacial score (nSPS) is 22.8. The van der Waals surface area contributed by atoms with Crippen LogP contribution in [-0.2, 0) is 9.84 Å². The van der Waals surface area contributed by atoms with Gasteiger partial charge in [-0.15, -0.1) is 0 Å². The molecule has 7 heteroatoms. The van der Waals surface area contributed by atoms with E-state index in [-0.39, 0.29) is 15.6 Å². The summed E-state index contributed by atoms with van der Waals surface area (Å²) in [4.78, 5) is 1.81. The summed E-state index contributed by atoms with van der Waals surface area (Å²) < 4.78 is 25.1. The molecule has 1 aliphatic carbocycles. The van der Waals surface area contributed by atoms with Gasteiger partial charge in [-0.1, -0.05) is 11.6 Å². The molecule has 0 aromatic heterocycles. The van der Waals surface area contributed by atoms with Crippen molar-refractivity contribution in [1.29, 1.82) is 0 Å². The predicted molar refractivity (Wildman–Crippen MR) is 79.8 cm³/mol. The fourth-order valence-electron chi connectivity index (χ4n) is 2.59. The van der Waals surface area contributed by atoms with Gasteiger partial charge in [0.1, 0.15) is 4.90 Å². The molecule has 20 heavy (non-hydrogen) atoms. The van der Waals surface area contributed by atoms with Gasteiger partial charge in [0.25, 0.3) is 0 Å². The first kappa shape index (κ1) is 15.4. The maximum atomic E-state index is 12.5. The van der Waals surface area contributed by atoms with Crippen LogP contribution in [0.3, 0.4) is 0 Å². The van der Waals surface area contributed by atoms with Crippen LogP contribution in [0.15, 0.2) is 17.0 Å². The predicted octanol–water partition coefficient (Wildman–Crippen LogP) is 1.74. The van der Waals surface area contributed by atoms with E-state index in [2.05, 4.69) is 0 Å². The van der Waals surface area contributed by atoms with Crippen molar-refractivity contribution in [3.63, 3.8) is 0 Å². The molecule has 0 unspecified atom stereocenters. The quantitative estimate of drug-likeness (QED) is 0.652. The van der Waals surface area contributed by atoms with E-state index in [1.54, 1.807) is 0 Å². The molecule has 0 atom stereocenters. The lowest BCUT2D eigenvalue weighted by molar-refractivity contribution is 0.232. The first-order chi connectivity index (χ1) is 9.23. The molecule has 0 bridgehead atoms. The highest BCUT2D eigenvalue weighted by molar-refractivity contribution is 7.92. The Labute approximate surface area is 124 Å². The molecule has 5 nitrogen and oxygen atoms in total. The Hall–Kier alpha value is -0.980. The average Bonchev–Trinajstić information content (AvgIpc) is 2.27. The summed E-state index contributed by atoms with van der Waals surface area (Å²) in [5, 5.41) is 9.43. The van der Waals surface area contributed by atoms with Crippen molar-refractivity contribution in [2.24, 2.45) is 5.92 Å². The molecule has 0 saturated heterocycles. The maximum absolute atomic E-state index is 12.5. The van der Waals surface area contributed by atoms with E-state index in [0.29, 0.717) is 18.8 Å². The van der Waals surface area contributed by atoms with Gasteiger partial charge < -0.3 is 15.7 Å². The number of nitrogens with zero attached hydrogens (tertiary/aromatic N) is 1. The Morgan fingerprint density at radius 1 is 1.40 bits per heavy atom. The topological polar surface area (TPSA) is 83.6 Å². The van der Waals surface area contributed by atoms with Crippen LogP contribution in [0.2, 0.25) is 5.02 Å². The fourth-order valence-corrected chi connectivity index (χ4v) is 5.18. The Morgan fingerprint density at radius 3 is 2.55 bits per heavy atom. The number of hydrogen-bond acceptors (Lipinski definition) is 5. The number of anilines is 1. The smallest absolute Gasteiger partial charge is 0.186 e. The lowest BCUT2D eigenvalue weighted by atomic mass is 9.84. The minimum Gasteiger partial charge on any atom is -0.504 e. The Bertz CT molecular complexity index is 610. The molecular weight excluding hydrogens is 300 g/mol. The van der Waals surface area contributed by atoms with Crippen molar-refractivity contribution in [3.8, 4) is 5.75 Å². The lowest BCUT2D eigenvalue weighted by Crippen LogP contribution is -2.40. The number of nitrogens with two attached hydrogens (primary N) is 1. The van der Waals surface area contributed by atoms with E-state index < -0.39 is 20.8 Å². The number of nitrogen functional groups attached to an aromatic ring is 1. The largest absolute Gasteiger partial charge is 0.504 e. The average molecular weight is 319 g/mol. The summed E-state index contributed by atoms with van der Waals surface area (Å²) >= 11 is 5.93. The summed E-state index contributed by atoms with van der Waals surface area (Å²) in [6.07, 6.45) is 1.18. The van der Waals surface area contributed by atoms with Crippen LogP contribution < -0.4 is 5.73 Å².